The fourth-order valence-corrected chi connectivity index (χ4v) is 4.54. The van der Waals surface area contributed by atoms with Crippen LogP contribution in [0.15, 0.2) is 35.6 Å². The van der Waals surface area contributed by atoms with E-state index in [1.54, 1.807) is 17.7 Å². The number of fused-ring (bicyclic) bond motifs is 1. The molecule has 7 heteroatoms. The van der Waals surface area contributed by atoms with Gasteiger partial charge in [0.15, 0.2) is 0 Å². The molecule has 3 aromatic rings. The van der Waals surface area contributed by atoms with Crippen LogP contribution in [0.2, 0.25) is 0 Å². The highest BCUT2D eigenvalue weighted by Gasteiger charge is 2.13. The monoisotopic (exact) mass is 386 g/mol. The van der Waals surface area contributed by atoms with Crippen molar-refractivity contribution in [2.75, 3.05) is 17.6 Å². The summed E-state index contributed by atoms with van der Waals surface area (Å²) in [6, 6.07) is 7.92. The smallest absolute Gasteiger partial charge is 0.234 e. The van der Waals surface area contributed by atoms with Crippen LogP contribution < -0.4 is 10.6 Å². The van der Waals surface area contributed by atoms with Gasteiger partial charge in [-0.25, -0.2) is 9.97 Å². The zero-order valence-corrected chi connectivity index (χ0v) is 16.8. The fraction of sp³-hybridized carbons (Fsp3) is 0.316. The van der Waals surface area contributed by atoms with Crippen LogP contribution in [0.1, 0.15) is 22.9 Å². The third kappa shape index (κ3) is 4.41. The summed E-state index contributed by atoms with van der Waals surface area (Å²) >= 11 is 3.12. The SMILES string of the molecule is CCNCc1cccc(NC(=O)CSc2ncnc3sc(C)c(C)c23)c1. The molecule has 0 saturated heterocycles. The average molecular weight is 387 g/mol. The van der Waals surface area contributed by atoms with Gasteiger partial charge in [0.05, 0.1) is 5.75 Å². The van der Waals surface area contributed by atoms with E-state index in [2.05, 4.69) is 41.4 Å². The fourth-order valence-electron chi connectivity index (χ4n) is 2.62. The maximum Gasteiger partial charge on any atom is 0.234 e. The number of rotatable bonds is 7. The first-order chi connectivity index (χ1) is 12.6. The van der Waals surface area contributed by atoms with E-state index in [0.29, 0.717) is 5.75 Å². The molecule has 0 radical (unpaired) electrons. The van der Waals surface area contributed by atoms with Crippen molar-refractivity contribution in [3.8, 4) is 0 Å². The number of thiophene rings is 1. The summed E-state index contributed by atoms with van der Waals surface area (Å²) in [7, 11) is 0. The molecule has 0 fully saturated rings. The van der Waals surface area contributed by atoms with Gasteiger partial charge in [-0.1, -0.05) is 30.8 Å². The number of aryl methyl sites for hydroxylation is 2. The van der Waals surface area contributed by atoms with Gasteiger partial charge in [0.1, 0.15) is 16.2 Å². The molecule has 2 aromatic heterocycles. The third-order valence-electron chi connectivity index (χ3n) is 4.06. The van der Waals surface area contributed by atoms with E-state index in [-0.39, 0.29) is 5.91 Å². The Hall–Kier alpha value is -1.96. The number of hydrogen-bond acceptors (Lipinski definition) is 6. The average Bonchev–Trinajstić information content (AvgIpc) is 2.93. The number of aromatic nitrogens is 2. The minimum atomic E-state index is -0.0352. The van der Waals surface area contributed by atoms with Crippen molar-refractivity contribution in [1.29, 1.82) is 0 Å². The summed E-state index contributed by atoms with van der Waals surface area (Å²) in [5.74, 6) is 0.282. The second-order valence-electron chi connectivity index (χ2n) is 5.96. The molecule has 26 heavy (non-hydrogen) atoms. The van der Waals surface area contributed by atoms with Crippen molar-refractivity contribution in [1.82, 2.24) is 15.3 Å². The van der Waals surface area contributed by atoms with Gasteiger partial charge in [-0.15, -0.1) is 11.3 Å². The van der Waals surface area contributed by atoms with E-state index in [9.17, 15) is 4.79 Å². The Labute approximate surface area is 161 Å². The molecule has 0 saturated carbocycles. The molecule has 0 aliphatic heterocycles. The minimum Gasteiger partial charge on any atom is -0.325 e. The van der Waals surface area contributed by atoms with Crippen LogP contribution in [0.25, 0.3) is 10.2 Å². The Kier molecular flexibility index (Phi) is 6.24. The Morgan fingerprint density at radius 1 is 1.27 bits per heavy atom. The molecular formula is C19H22N4OS2. The minimum absolute atomic E-state index is 0.0352. The number of amides is 1. The summed E-state index contributed by atoms with van der Waals surface area (Å²) < 4.78 is 0. The highest BCUT2D eigenvalue weighted by atomic mass is 32.2. The van der Waals surface area contributed by atoms with Crippen LogP contribution in [0.3, 0.4) is 0 Å². The zero-order valence-electron chi connectivity index (χ0n) is 15.1. The summed E-state index contributed by atoms with van der Waals surface area (Å²) in [6.45, 7) is 7.96. The lowest BCUT2D eigenvalue weighted by Crippen LogP contribution is -2.15. The summed E-state index contributed by atoms with van der Waals surface area (Å²) in [5, 5.41) is 8.19. The Morgan fingerprint density at radius 2 is 2.12 bits per heavy atom. The molecule has 0 bridgehead atoms. The van der Waals surface area contributed by atoms with Crippen molar-refractivity contribution in [2.24, 2.45) is 0 Å². The summed E-state index contributed by atoms with van der Waals surface area (Å²) in [4.78, 5) is 23.3. The van der Waals surface area contributed by atoms with E-state index < -0.39 is 0 Å². The second kappa shape index (κ2) is 8.62. The second-order valence-corrected chi connectivity index (χ2v) is 8.13. The van der Waals surface area contributed by atoms with E-state index in [1.807, 2.05) is 24.3 Å². The molecule has 1 amide bonds. The highest BCUT2D eigenvalue weighted by Crippen LogP contribution is 2.34. The zero-order chi connectivity index (χ0) is 18.5. The van der Waals surface area contributed by atoms with Gasteiger partial charge in [0.2, 0.25) is 5.91 Å². The van der Waals surface area contributed by atoms with Crippen LogP contribution >= 0.6 is 23.1 Å². The molecule has 0 spiro atoms. The van der Waals surface area contributed by atoms with Gasteiger partial charge in [0.25, 0.3) is 0 Å². The van der Waals surface area contributed by atoms with Gasteiger partial charge in [0, 0.05) is 22.5 Å². The Morgan fingerprint density at radius 3 is 2.92 bits per heavy atom. The lowest BCUT2D eigenvalue weighted by atomic mass is 10.2. The van der Waals surface area contributed by atoms with Crippen molar-refractivity contribution >= 4 is 44.9 Å². The molecule has 0 atom stereocenters. The molecule has 0 unspecified atom stereocenters. The van der Waals surface area contributed by atoms with Gasteiger partial charge < -0.3 is 10.6 Å². The number of nitrogens with one attached hydrogen (secondary N) is 2. The standard InChI is InChI=1S/C19H22N4OS2/c1-4-20-9-14-6-5-7-15(8-14)23-16(24)10-25-18-17-12(2)13(3)26-19(17)22-11-21-18/h5-8,11,20H,4,9-10H2,1-3H3,(H,23,24). The van der Waals surface area contributed by atoms with Crippen LogP contribution in [0.4, 0.5) is 5.69 Å². The van der Waals surface area contributed by atoms with Crippen LogP contribution in [-0.4, -0.2) is 28.2 Å². The van der Waals surface area contributed by atoms with Crippen molar-refractivity contribution in [3.63, 3.8) is 0 Å². The normalized spacial score (nSPS) is 11.0. The number of carbonyl (C=O) groups excluding carboxylic acids is 1. The molecule has 2 heterocycles. The summed E-state index contributed by atoms with van der Waals surface area (Å²) in [5.41, 5.74) is 3.17. The maximum atomic E-state index is 12.3. The number of thioether (sulfide) groups is 1. The van der Waals surface area contributed by atoms with Crippen molar-refractivity contribution < 1.29 is 4.79 Å². The van der Waals surface area contributed by atoms with Gasteiger partial charge in [-0.3, -0.25) is 4.79 Å². The number of benzene rings is 1. The van der Waals surface area contributed by atoms with Gasteiger partial charge in [-0.2, -0.15) is 0 Å². The quantitative estimate of drug-likeness (QED) is 0.472. The lowest BCUT2D eigenvalue weighted by Gasteiger charge is -2.08. The van der Waals surface area contributed by atoms with Crippen LogP contribution in [0, 0.1) is 13.8 Å². The molecule has 1 aromatic carbocycles. The molecular weight excluding hydrogens is 364 g/mol. The van der Waals surface area contributed by atoms with Crippen LogP contribution in [0.5, 0.6) is 0 Å². The van der Waals surface area contributed by atoms with E-state index >= 15 is 0 Å². The predicted molar refractivity (Wildman–Crippen MR) is 110 cm³/mol. The third-order valence-corrected chi connectivity index (χ3v) is 6.17. The van der Waals surface area contributed by atoms with Gasteiger partial charge >= 0.3 is 0 Å². The molecule has 136 valence electrons. The molecule has 0 aliphatic carbocycles. The number of anilines is 1. The Balaban J connectivity index is 1.65. The first-order valence-corrected chi connectivity index (χ1v) is 10.3. The molecule has 3 rings (SSSR count). The highest BCUT2D eigenvalue weighted by molar-refractivity contribution is 8.00. The number of nitrogens with zero attached hydrogens (tertiary/aromatic N) is 2. The predicted octanol–water partition coefficient (Wildman–Crippen LogP) is 4.15. The molecule has 2 N–H and O–H groups in total. The topological polar surface area (TPSA) is 66.9 Å². The van der Waals surface area contributed by atoms with Gasteiger partial charge in [-0.05, 0) is 43.7 Å². The summed E-state index contributed by atoms with van der Waals surface area (Å²) in [6.07, 6.45) is 1.57. The first kappa shape index (κ1) is 18.8. The van der Waals surface area contributed by atoms with Crippen molar-refractivity contribution in [3.05, 3.63) is 46.6 Å². The largest absolute Gasteiger partial charge is 0.325 e. The van der Waals surface area contributed by atoms with E-state index in [4.69, 9.17) is 0 Å². The lowest BCUT2D eigenvalue weighted by molar-refractivity contribution is -0.113. The molecule has 5 nitrogen and oxygen atoms in total. The van der Waals surface area contributed by atoms with E-state index in [0.717, 1.165) is 39.6 Å². The van der Waals surface area contributed by atoms with E-state index in [1.165, 1.54) is 22.2 Å². The molecule has 0 aliphatic rings. The maximum absolute atomic E-state index is 12.3. The Bertz CT molecular complexity index is 923. The number of hydrogen-bond donors (Lipinski definition) is 2. The number of carbonyl (C=O) groups is 1. The first-order valence-electron chi connectivity index (χ1n) is 8.51. The van der Waals surface area contributed by atoms with Crippen LogP contribution in [-0.2, 0) is 11.3 Å². The van der Waals surface area contributed by atoms with Crippen molar-refractivity contribution in [2.45, 2.75) is 32.3 Å².